The van der Waals surface area contributed by atoms with Crippen molar-refractivity contribution in [2.24, 2.45) is 5.16 Å². The largest absolute Gasteiger partial charge is 0.496 e. The number of methoxy groups -OCH3 is 2. The third kappa shape index (κ3) is 5.72. The predicted molar refractivity (Wildman–Crippen MR) is 128 cm³/mol. The second kappa shape index (κ2) is 11.5. The molecule has 0 radical (unpaired) electrons. The first kappa shape index (κ1) is 24.3. The standard InChI is InChI=1S/C26H26N2O6/c1-32-21-10-7-11-22(33-2)23(21)18-14-12-17(13-15-18)16-20(26(30)31)27-25(29)24(28-34-3)19-8-5-4-6-9-19/h4-15,20H,16H2,1-3H3,(H,27,29)(H,30,31)/b28-24+/t20-/m0/s1. The Hall–Kier alpha value is -4.33. The number of hydrogen-bond acceptors (Lipinski definition) is 6. The van der Waals surface area contributed by atoms with Crippen LogP contribution in [0.1, 0.15) is 11.1 Å². The molecular weight excluding hydrogens is 436 g/mol. The second-order valence-electron chi connectivity index (χ2n) is 7.29. The van der Waals surface area contributed by atoms with Gasteiger partial charge < -0.3 is 24.7 Å². The van der Waals surface area contributed by atoms with Gasteiger partial charge in [-0.2, -0.15) is 0 Å². The molecule has 176 valence electrons. The highest BCUT2D eigenvalue weighted by Gasteiger charge is 2.24. The van der Waals surface area contributed by atoms with Crippen molar-refractivity contribution in [3.8, 4) is 22.6 Å². The molecule has 0 aliphatic rings. The number of aliphatic carboxylic acids is 1. The minimum atomic E-state index is -1.16. The molecule has 0 fully saturated rings. The zero-order chi connectivity index (χ0) is 24.5. The summed E-state index contributed by atoms with van der Waals surface area (Å²) >= 11 is 0. The molecule has 8 nitrogen and oxygen atoms in total. The zero-order valence-electron chi connectivity index (χ0n) is 19.1. The lowest BCUT2D eigenvalue weighted by Gasteiger charge is -2.16. The number of carbonyl (C=O) groups excluding carboxylic acids is 1. The molecule has 0 heterocycles. The van der Waals surface area contributed by atoms with Crippen LogP contribution in [0.3, 0.4) is 0 Å². The summed E-state index contributed by atoms with van der Waals surface area (Å²) in [5.41, 5.74) is 2.89. The first-order valence-corrected chi connectivity index (χ1v) is 10.5. The van der Waals surface area contributed by atoms with E-state index in [1.807, 2.05) is 42.5 Å². The van der Waals surface area contributed by atoms with Gasteiger partial charge in [-0.25, -0.2) is 4.79 Å². The van der Waals surface area contributed by atoms with Gasteiger partial charge in [0, 0.05) is 12.0 Å². The van der Waals surface area contributed by atoms with Crippen molar-refractivity contribution < 1.29 is 29.0 Å². The molecular formula is C26H26N2O6. The normalized spacial score (nSPS) is 11.9. The van der Waals surface area contributed by atoms with Crippen molar-refractivity contribution in [3.05, 3.63) is 83.9 Å². The second-order valence-corrected chi connectivity index (χ2v) is 7.29. The highest BCUT2D eigenvalue weighted by Crippen LogP contribution is 2.38. The van der Waals surface area contributed by atoms with E-state index >= 15 is 0 Å². The Morgan fingerprint density at radius 1 is 0.882 bits per heavy atom. The van der Waals surface area contributed by atoms with E-state index in [-0.39, 0.29) is 12.1 Å². The van der Waals surface area contributed by atoms with Crippen molar-refractivity contribution in [2.45, 2.75) is 12.5 Å². The molecule has 0 aromatic heterocycles. The van der Waals surface area contributed by atoms with Gasteiger partial charge in [0.15, 0.2) is 5.71 Å². The van der Waals surface area contributed by atoms with E-state index in [9.17, 15) is 14.7 Å². The van der Waals surface area contributed by atoms with Crippen LogP contribution in [0.2, 0.25) is 0 Å². The van der Waals surface area contributed by atoms with Crippen molar-refractivity contribution >= 4 is 17.6 Å². The lowest BCUT2D eigenvalue weighted by atomic mass is 9.99. The number of nitrogens with zero attached hydrogens (tertiary/aromatic N) is 1. The number of hydrogen-bond donors (Lipinski definition) is 2. The quantitative estimate of drug-likeness (QED) is 0.353. The number of nitrogens with one attached hydrogen (secondary N) is 1. The number of oxime groups is 1. The summed E-state index contributed by atoms with van der Waals surface area (Å²) in [5, 5.41) is 16.0. The Kier molecular flexibility index (Phi) is 8.23. The molecule has 0 aliphatic carbocycles. The number of benzene rings is 3. The number of amides is 1. The van der Waals surface area contributed by atoms with Gasteiger partial charge in [-0.15, -0.1) is 0 Å². The van der Waals surface area contributed by atoms with E-state index in [1.54, 1.807) is 44.6 Å². The molecule has 0 aliphatic heterocycles. The molecule has 0 unspecified atom stereocenters. The van der Waals surface area contributed by atoms with Crippen molar-refractivity contribution in [1.29, 1.82) is 0 Å². The van der Waals surface area contributed by atoms with Gasteiger partial charge in [0.25, 0.3) is 5.91 Å². The fraction of sp³-hybridized carbons (Fsp3) is 0.192. The Bertz CT molecular complexity index is 1140. The van der Waals surface area contributed by atoms with Gasteiger partial charge >= 0.3 is 5.97 Å². The van der Waals surface area contributed by atoms with Gasteiger partial charge in [0.05, 0.1) is 19.8 Å². The van der Waals surface area contributed by atoms with Crippen molar-refractivity contribution in [2.75, 3.05) is 21.3 Å². The first-order valence-electron chi connectivity index (χ1n) is 10.5. The fourth-order valence-corrected chi connectivity index (χ4v) is 3.52. The van der Waals surface area contributed by atoms with Crippen LogP contribution in [0.15, 0.2) is 78.0 Å². The Morgan fingerprint density at radius 3 is 2.03 bits per heavy atom. The van der Waals surface area contributed by atoms with Crippen LogP contribution >= 0.6 is 0 Å². The smallest absolute Gasteiger partial charge is 0.326 e. The Labute approximate surface area is 197 Å². The minimum Gasteiger partial charge on any atom is -0.496 e. The highest BCUT2D eigenvalue weighted by molar-refractivity contribution is 6.45. The third-order valence-electron chi connectivity index (χ3n) is 5.16. The van der Waals surface area contributed by atoms with Crippen molar-refractivity contribution in [1.82, 2.24) is 5.32 Å². The van der Waals surface area contributed by atoms with Gasteiger partial charge in [-0.1, -0.05) is 65.8 Å². The summed E-state index contributed by atoms with van der Waals surface area (Å²) in [4.78, 5) is 29.5. The summed E-state index contributed by atoms with van der Waals surface area (Å²) in [6.45, 7) is 0. The molecule has 8 heteroatoms. The molecule has 1 amide bonds. The number of carbonyl (C=O) groups is 2. The van der Waals surface area contributed by atoms with Crippen LogP contribution < -0.4 is 14.8 Å². The van der Waals surface area contributed by atoms with Crippen LogP contribution in [0, 0.1) is 0 Å². The first-order chi connectivity index (χ1) is 16.5. The molecule has 1 atom stereocenters. The molecule has 3 aromatic carbocycles. The summed E-state index contributed by atoms with van der Waals surface area (Å²) < 4.78 is 10.9. The average Bonchev–Trinajstić information content (AvgIpc) is 2.87. The van der Waals surface area contributed by atoms with Crippen LogP contribution in [-0.4, -0.2) is 50.1 Å². The summed E-state index contributed by atoms with van der Waals surface area (Å²) in [6, 6.07) is 20.4. The molecule has 0 saturated heterocycles. The molecule has 0 saturated carbocycles. The summed E-state index contributed by atoms with van der Waals surface area (Å²) in [5.74, 6) is -0.480. The topological polar surface area (TPSA) is 106 Å². The van der Waals surface area contributed by atoms with E-state index in [1.165, 1.54) is 7.11 Å². The van der Waals surface area contributed by atoms with E-state index in [0.29, 0.717) is 17.1 Å². The Balaban J connectivity index is 1.80. The van der Waals surface area contributed by atoms with Crippen LogP contribution in [0.25, 0.3) is 11.1 Å². The maximum Gasteiger partial charge on any atom is 0.326 e. The van der Waals surface area contributed by atoms with E-state index in [4.69, 9.17) is 14.3 Å². The van der Waals surface area contributed by atoms with Crippen LogP contribution in [0.5, 0.6) is 11.5 Å². The predicted octanol–water partition coefficient (Wildman–Crippen LogP) is 3.53. The maximum absolute atomic E-state index is 12.8. The zero-order valence-corrected chi connectivity index (χ0v) is 19.1. The molecule has 2 N–H and O–H groups in total. The summed E-state index contributed by atoms with van der Waals surface area (Å²) in [7, 11) is 4.50. The van der Waals surface area contributed by atoms with E-state index < -0.39 is 17.9 Å². The average molecular weight is 463 g/mol. The molecule has 0 spiro atoms. The lowest BCUT2D eigenvalue weighted by molar-refractivity contribution is -0.141. The van der Waals surface area contributed by atoms with Crippen LogP contribution in [-0.2, 0) is 20.8 Å². The number of ether oxygens (including phenoxy) is 2. The van der Waals surface area contributed by atoms with E-state index in [0.717, 1.165) is 16.7 Å². The minimum absolute atomic E-state index is 0.00651. The summed E-state index contributed by atoms with van der Waals surface area (Å²) in [6.07, 6.45) is 0.0828. The van der Waals surface area contributed by atoms with Gasteiger partial charge in [-0.05, 0) is 23.3 Å². The van der Waals surface area contributed by atoms with Gasteiger partial charge in [0.1, 0.15) is 24.7 Å². The van der Waals surface area contributed by atoms with Crippen molar-refractivity contribution in [3.63, 3.8) is 0 Å². The van der Waals surface area contributed by atoms with Gasteiger partial charge in [-0.3, -0.25) is 4.79 Å². The van der Waals surface area contributed by atoms with Crippen LogP contribution in [0.4, 0.5) is 0 Å². The number of carboxylic acid groups (broad SMARTS) is 1. The highest BCUT2D eigenvalue weighted by atomic mass is 16.6. The van der Waals surface area contributed by atoms with E-state index in [2.05, 4.69) is 10.5 Å². The fourth-order valence-electron chi connectivity index (χ4n) is 3.52. The SMILES string of the molecule is CO/N=C(/C(=O)N[C@@H](Cc1ccc(-c2c(OC)cccc2OC)cc1)C(=O)O)c1ccccc1. The Morgan fingerprint density at radius 2 is 1.50 bits per heavy atom. The third-order valence-corrected chi connectivity index (χ3v) is 5.16. The monoisotopic (exact) mass is 462 g/mol. The lowest BCUT2D eigenvalue weighted by Crippen LogP contribution is -2.45. The van der Waals surface area contributed by atoms with Gasteiger partial charge in [0.2, 0.25) is 0 Å². The molecule has 34 heavy (non-hydrogen) atoms. The molecule has 3 aromatic rings. The maximum atomic E-state index is 12.8. The number of carboxylic acids is 1. The molecule has 3 rings (SSSR count). The number of rotatable bonds is 10. The molecule has 0 bridgehead atoms.